The number of ether oxygens (including phenoxy) is 1. The molecule has 0 aromatic rings. The molecule has 7 nitrogen and oxygen atoms in total. The van der Waals surface area contributed by atoms with E-state index >= 15 is 0 Å². The number of likely N-dealkylation sites (tertiary alicyclic amines) is 1. The second-order valence-corrected chi connectivity index (χ2v) is 4.11. The average molecular weight is 245 g/mol. The van der Waals surface area contributed by atoms with Crippen molar-refractivity contribution in [2.24, 2.45) is 5.73 Å². The molecule has 0 aliphatic carbocycles. The highest BCUT2D eigenvalue weighted by Gasteiger charge is 2.24. The van der Waals surface area contributed by atoms with Gasteiger partial charge < -0.3 is 25.8 Å². The van der Waals surface area contributed by atoms with Crippen LogP contribution in [0.15, 0.2) is 0 Å². The Morgan fingerprint density at radius 3 is 2.59 bits per heavy atom. The lowest BCUT2D eigenvalue weighted by Crippen LogP contribution is -2.51. The number of methoxy groups -OCH3 is 1. The lowest BCUT2D eigenvalue weighted by atomic mass is 10.1. The second-order valence-electron chi connectivity index (χ2n) is 4.11. The van der Waals surface area contributed by atoms with Crippen LogP contribution in [0.3, 0.4) is 0 Å². The van der Waals surface area contributed by atoms with Crippen LogP contribution in [0.1, 0.15) is 12.8 Å². The molecule has 1 heterocycles. The summed E-state index contributed by atoms with van der Waals surface area (Å²) in [4.78, 5) is 23.6. The molecule has 2 amide bonds. The highest BCUT2D eigenvalue weighted by molar-refractivity contribution is 5.81. The van der Waals surface area contributed by atoms with Crippen molar-refractivity contribution in [2.75, 3.05) is 26.8 Å². The molecule has 1 saturated heterocycles. The minimum Gasteiger partial charge on any atom is -0.465 e. The number of nitrogens with one attached hydrogen (secondary N) is 1. The molecule has 0 bridgehead atoms. The van der Waals surface area contributed by atoms with E-state index in [4.69, 9.17) is 15.6 Å². The summed E-state index contributed by atoms with van der Waals surface area (Å²) in [7, 11) is 1.48. The van der Waals surface area contributed by atoms with Crippen molar-refractivity contribution in [2.45, 2.75) is 24.9 Å². The van der Waals surface area contributed by atoms with E-state index in [9.17, 15) is 9.59 Å². The van der Waals surface area contributed by atoms with Gasteiger partial charge in [0, 0.05) is 26.2 Å². The van der Waals surface area contributed by atoms with Gasteiger partial charge in [0.25, 0.3) is 0 Å². The first kappa shape index (κ1) is 13.7. The Kier molecular flexibility index (Phi) is 5.17. The van der Waals surface area contributed by atoms with E-state index in [0.717, 1.165) is 0 Å². The number of rotatable bonds is 4. The largest absolute Gasteiger partial charge is 0.465 e. The van der Waals surface area contributed by atoms with Gasteiger partial charge in [-0.25, -0.2) is 4.79 Å². The number of hydrogen-bond acceptors (Lipinski definition) is 4. The van der Waals surface area contributed by atoms with E-state index in [-0.39, 0.29) is 18.6 Å². The van der Waals surface area contributed by atoms with Crippen LogP contribution in [0.4, 0.5) is 4.79 Å². The maximum absolute atomic E-state index is 11.6. The van der Waals surface area contributed by atoms with Gasteiger partial charge in [0.05, 0.1) is 6.61 Å². The smallest absolute Gasteiger partial charge is 0.407 e. The van der Waals surface area contributed by atoms with Crippen LogP contribution in [0.25, 0.3) is 0 Å². The zero-order chi connectivity index (χ0) is 12.8. The normalized spacial score (nSPS) is 18.8. The third kappa shape index (κ3) is 4.20. The van der Waals surface area contributed by atoms with Gasteiger partial charge in [-0.2, -0.15) is 0 Å². The van der Waals surface area contributed by atoms with Gasteiger partial charge in [0.2, 0.25) is 5.91 Å². The van der Waals surface area contributed by atoms with Crippen molar-refractivity contribution in [1.82, 2.24) is 10.2 Å². The number of hydrogen-bond donors (Lipinski definition) is 3. The fourth-order valence-corrected chi connectivity index (χ4v) is 1.78. The first-order chi connectivity index (χ1) is 8.04. The van der Waals surface area contributed by atoms with Crippen LogP contribution in [0.5, 0.6) is 0 Å². The number of carboxylic acid groups (broad SMARTS) is 1. The van der Waals surface area contributed by atoms with Crippen molar-refractivity contribution in [3.8, 4) is 0 Å². The molecule has 7 heteroatoms. The van der Waals surface area contributed by atoms with Crippen LogP contribution in [-0.2, 0) is 9.53 Å². The van der Waals surface area contributed by atoms with E-state index in [1.165, 1.54) is 12.0 Å². The molecule has 0 unspecified atom stereocenters. The first-order valence-electron chi connectivity index (χ1n) is 5.57. The zero-order valence-electron chi connectivity index (χ0n) is 9.89. The summed E-state index contributed by atoms with van der Waals surface area (Å²) in [5.74, 6) is -0.249. The molecule has 1 aliphatic rings. The Bertz CT molecular complexity index is 277. The summed E-state index contributed by atoms with van der Waals surface area (Å²) in [5, 5.41) is 11.6. The van der Waals surface area contributed by atoms with Gasteiger partial charge in [-0.1, -0.05) is 0 Å². The second kappa shape index (κ2) is 6.41. The lowest BCUT2D eigenvalue weighted by molar-refractivity contribution is -0.124. The number of piperidine rings is 1. The van der Waals surface area contributed by atoms with Gasteiger partial charge in [-0.3, -0.25) is 4.79 Å². The molecule has 0 aromatic carbocycles. The van der Waals surface area contributed by atoms with Crippen LogP contribution in [0.2, 0.25) is 0 Å². The molecule has 1 aliphatic heterocycles. The Morgan fingerprint density at radius 1 is 1.53 bits per heavy atom. The third-order valence-corrected chi connectivity index (χ3v) is 2.79. The minimum atomic E-state index is -0.911. The number of nitrogens with two attached hydrogens (primary N) is 1. The first-order valence-corrected chi connectivity index (χ1v) is 5.57. The molecule has 0 radical (unpaired) electrons. The van der Waals surface area contributed by atoms with Crippen LogP contribution < -0.4 is 11.1 Å². The Labute approximate surface area is 99.9 Å². The molecular weight excluding hydrogens is 226 g/mol. The van der Waals surface area contributed by atoms with E-state index in [0.29, 0.717) is 25.9 Å². The monoisotopic (exact) mass is 245 g/mol. The molecule has 0 saturated carbocycles. The molecule has 0 aromatic heterocycles. The highest BCUT2D eigenvalue weighted by atomic mass is 16.5. The fourth-order valence-electron chi connectivity index (χ4n) is 1.78. The van der Waals surface area contributed by atoms with Crippen LogP contribution in [-0.4, -0.2) is 60.9 Å². The van der Waals surface area contributed by atoms with Crippen LogP contribution >= 0.6 is 0 Å². The van der Waals surface area contributed by atoms with Crippen molar-refractivity contribution >= 4 is 12.0 Å². The predicted octanol–water partition coefficient (Wildman–Crippen LogP) is -0.781. The maximum atomic E-state index is 11.6. The number of carbonyl (C=O) groups is 2. The average Bonchev–Trinajstić information content (AvgIpc) is 2.30. The highest BCUT2D eigenvalue weighted by Crippen LogP contribution is 2.10. The topological polar surface area (TPSA) is 105 Å². The van der Waals surface area contributed by atoms with Crippen molar-refractivity contribution in [3.63, 3.8) is 0 Å². The van der Waals surface area contributed by atoms with Crippen molar-refractivity contribution in [3.05, 3.63) is 0 Å². The molecule has 98 valence electrons. The van der Waals surface area contributed by atoms with Gasteiger partial charge in [0.1, 0.15) is 6.04 Å². The molecule has 4 N–H and O–H groups in total. The summed E-state index contributed by atoms with van der Waals surface area (Å²) < 4.78 is 4.79. The van der Waals surface area contributed by atoms with Crippen molar-refractivity contribution in [1.29, 1.82) is 0 Å². The molecule has 0 spiro atoms. The molecule has 1 fully saturated rings. The summed E-state index contributed by atoms with van der Waals surface area (Å²) in [5.41, 5.74) is 5.58. The molecular formula is C10H19N3O4. The van der Waals surface area contributed by atoms with Gasteiger partial charge in [-0.05, 0) is 12.8 Å². The van der Waals surface area contributed by atoms with E-state index < -0.39 is 12.1 Å². The maximum Gasteiger partial charge on any atom is 0.407 e. The van der Waals surface area contributed by atoms with E-state index in [1.807, 2.05) is 0 Å². The Hall–Kier alpha value is -1.34. The molecule has 17 heavy (non-hydrogen) atoms. The number of nitrogens with zero attached hydrogens (tertiary/aromatic N) is 1. The van der Waals surface area contributed by atoms with Crippen molar-refractivity contribution < 1.29 is 19.4 Å². The quantitative estimate of drug-likeness (QED) is 0.602. The number of amides is 2. The van der Waals surface area contributed by atoms with E-state index in [2.05, 4.69) is 5.32 Å². The lowest BCUT2D eigenvalue weighted by Gasteiger charge is -2.30. The fraction of sp³-hybridized carbons (Fsp3) is 0.800. The van der Waals surface area contributed by atoms with Gasteiger partial charge in [0.15, 0.2) is 0 Å². The molecule has 1 rings (SSSR count). The predicted molar refractivity (Wildman–Crippen MR) is 60.6 cm³/mol. The summed E-state index contributed by atoms with van der Waals surface area (Å²) >= 11 is 0. The van der Waals surface area contributed by atoms with E-state index in [1.54, 1.807) is 0 Å². The minimum absolute atomic E-state index is 0.000932. The zero-order valence-corrected chi connectivity index (χ0v) is 9.89. The Balaban J connectivity index is 2.30. The summed E-state index contributed by atoms with van der Waals surface area (Å²) in [6.45, 7) is 1.07. The van der Waals surface area contributed by atoms with Gasteiger partial charge >= 0.3 is 6.09 Å². The van der Waals surface area contributed by atoms with Crippen LogP contribution in [0, 0.1) is 0 Å². The SMILES string of the molecule is COC[C@H](N)C(=O)NC1CCN(C(=O)O)CC1. The Morgan fingerprint density at radius 2 is 2.12 bits per heavy atom. The standard InChI is InChI=1S/C10H19N3O4/c1-17-6-8(11)9(14)12-7-2-4-13(5-3-7)10(15)16/h7-8H,2-6,11H2,1H3,(H,12,14)(H,15,16)/t8-/m0/s1. The summed E-state index contributed by atoms with van der Waals surface area (Å²) in [6, 6.07) is -0.668. The summed E-state index contributed by atoms with van der Waals surface area (Å²) in [6.07, 6.45) is 0.334. The number of carbonyl (C=O) groups excluding carboxylic acids is 1. The van der Waals surface area contributed by atoms with Gasteiger partial charge in [-0.15, -0.1) is 0 Å². The third-order valence-electron chi connectivity index (χ3n) is 2.79. The molecule has 1 atom stereocenters.